The van der Waals surface area contributed by atoms with E-state index in [0.29, 0.717) is 31.6 Å². The van der Waals surface area contributed by atoms with Crippen LogP contribution in [0.3, 0.4) is 0 Å². The highest BCUT2D eigenvalue weighted by Gasteiger charge is 2.30. The Labute approximate surface area is 573 Å². The van der Waals surface area contributed by atoms with Crippen LogP contribution in [0, 0.1) is 11.8 Å². The van der Waals surface area contributed by atoms with E-state index in [9.17, 15) is 43.2 Å². The summed E-state index contributed by atoms with van der Waals surface area (Å²) in [5.41, 5.74) is 0. The first-order valence-corrected chi connectivity index (χ1v) is 41.3. The van der Waals surface area contributed by atoms with Crippen LogP contribution in [0.2, 0.25) is 0 Å². The molecule has 0 amide bonds. The van der Waals surface area contributed by atoms with Crippen LogP contribution in [0.1, 0.15) is 363 Å². The van der Waals surface area contributed by atoms with Crippen molar-refractivity contribution in [2.45, 2.75) is 381 Å². The highest BCUT2D eigenvalue weighted by Crippen LogP contribution is 2.45. The molecule has 17 nitrogen and oxygen atoms in total. The van der Waals surface area contributed by atoms with Gasteiger partial charge in [-0.3, -0.25) is 37.3 Å². The lowest BCUT2D eigenvalue weighted by molar-refractivity contribution is -0.161. The Balaban J connectivity index is 5.27. The Bertz CT molecular complexity index is 1920. The molecule has 3 unspecified atom stereocenters. The van der Waals surface area contributed by atoms with E-state index in [4.69, 9.17) is 37.0 Å². The molecule has 0 aliphatic rings. The number of allylic oxidation sites excluding steroid dienone is 4. The maximum atomic E-state index is 13.1. The number of hydrogen-bond donors (Lipinski definition) is 3. The first-order chi connectivity index (χ1) is 45.4. The van der Waals surface area contributed by atoms with Crippen molar-refractivity contribution < 1.29 is 80.2 Å². The Morgan fingerprint density at radius 3 is 0.957 bits per heavy atom. The second-order valence-corrected chi connectivity index (χ2v) is 30.0. The third-order valence-electron chi connectivity index (χ3n) is 17.2. The van der Waals surface area contributed by atoms with Gasteiger partial charge in [-0.05, 0) is 63.2 Å². The lowest BCUT2D eigenvalue weighted by Crippen LogP contribution is -2.30. The van der Waals surface area contributed by atoms with Gasteiger partial charge in [0.1, 0.15) is 19.3 Å². The van der Waals surface area contributed by atoms with E-state index in [0.717, 1.165) is 115 Å². The fourth-order valence-corrected chi connectivity index (χ4v) is 12.5. The number of phosphoric ester groups is 2. The fraction of sp³-hybridized carbons (Fsp3) is 0.893. The standard InChI is InChI=1S/C75H142O17P2/c1-7-10-12-14-16-18-20-21-22-26-29-33-40-46-52-58-73(78)86-63-70(91-74(79)59-53-47-41-34-30-27-24-23-25-28-31-38-44-50-56-68(6)9-3)65-89-93(81,82)87-61-69(76)62-88-94(83,84)90-66-71(64-85-72(77)57-51-45-39-32-19-17-15-13-11-8-2)92-75(80)60-54-48-42-36-35-37-43-49-55-67(4)5/h18,20-22,67-71,76H,7-17,19,23-66H2,1-6H3,(H,81,82)(H,83,84)/b20-18-,22-21-/t68?,69-,70-,71-/m1/s1. The van der Waals surface area contributed by atoms with Crippen LogP contribution in [0.25, 0.3) is 0 Å². The number of phosphoric acid groups is 2. The van der Waals surface area contributed by atoms with E-state index in [1.54, 1.807) is 0 Å². The number of aliphatic hydroxyl groups is 1. The number of carbonyl (C=O) groups is 4. The minimum absolute atomic E-state index is 0.101. The van der Waals surface area contributed by atoms with Gasteiger partial charge in [0.15, 0.2) is 12.2 Å². The molecular weight excluding hydrogens is 1230 g/mol. The van der Waals surface area contributed by atoms with Gasteiger partial charge in [-0.25, -0.2) is 9.13 Å². The van der Waals surface area contributed by atoms with Gasteiger partial charge in [-0.1, -0.05) is 310 Å². The predicted octanol–water partition coefficient (Wildman–Crippen LogP) is 21.5. The summed E-state index contributed by atoms with van der Waals surface area (Å²) in [6.07, 6.45) is 56.2. The zero-order chi connectivity index (χ0) is 69.3. The number of aliphatic hydroxyl groups excluding tert-OH is 1. The van der Waals surface area contributed by atoms with E-state index in [1.165, 1.54) is 161 Å². The minimum atomic E-state index is -4.96. The van der Waals surface area contributed by atoms with Crippen LogP contribution < -0.4 is 0 Å². The third kappa shape index (κ3) is 66.8. The van der Waals surface area contributed by atoms with Gasteiger partial charge in [0.25, 0.3) is 0 Å². The molecule has 0 aromatic rings. The topological polar surface area (TPSA) is 237 Å². The van der Waals surface area contributed by atoms with Crippen molar-refractivity contribution >= 4 is 39.5 Å². The number of unbranched alkanes of at least 4 members (excludes halogenated alkanes) is 38. The van der Waals surface area contributed by atoms with Gasteiger partial charge in [0, 0.05) is 25.7 Å². The van der Waals surface area contributed by atoms with Gasteiger partial charge in [-0.2, -0.15) is 0 Å². The van der Waals surface area contributed by atoms with E-state index in [2.05, 4.69) is 65.8 Å². The van der Waals surface area contributed by atoms with Crippen LogP contribution in [0.4, 0.5) is 0 Å². The van der Waals surface area contributed by atoms with Crippen molar-refractivity contribution in [2.75, 3.05) is 39.6 Å². The molecule has 0 saturated heterocycles. The zero-order valence-corrected chi connectivity index (χ0v) is 62.5. The van der Waals surface area contributed by atoms with Crippen molar-refractivity contribution in [1.82, 2.24) is 0 Å². The average Bonchev–Trinajstić information content (AvgIpc) is 1.13. The lowest BCUT2D eigenvalue weighted by Gasteiger charge is -2.21. The monoisotopic (exact) mass is 1380 g/mol. The van der Waals surface area contributed by atoms with E-state index < -0.39 is 97.5 Å². The molecule has 0 aliphatic carbocycles. The van der Waals surface area contributed by atoms with Crippen molar-refractivity contribution in [2.24, 2.45) is 11.8 Å². The second kappa shape index (κ2) is 66.4. The molecule has 0 rings (SSSR count). The molecule has 554 valence electrons. The number of rotatable bonds is 72. The summed E-state index contributed by atoms with van der Waals surface area (Å²) in [6, 6.07) is 0. The normalized spacial score (nSPS) is 14.5. The van der Waals surface area contributed by atoms with Crippen molar-refractivity contribution in [3.05, 3.63) is 24.3 Å². The summed E-state index contributed by atoms with van der Waals surface area (Å²) in [7, 11) is -9.92. The molecule has 0 heterocycles. The predicted molar refractivity (Wildman–Crippen MR) is 381 cm³/mol. The number of ether oxygens (including phenoxy) is 4. The fourth-order valence-electron chi connectivity index (χ4n) is 10.9. The molecule has 0 fully saturated rings. The van der Waals surface area contributed by atoms with Crippen molar-refractivity contribution in [3.63, 3.8) is 0 Å². The van der Waals surface area contributed by atoms with E-state index >= 15 is 0 Å². The smallest absolute Gasteiger partial charge is 0.462 e. The van der Waals surface area contributed by atoms with Gasteiger partial charge in [0.05, 0.1) is 26.4 Å². The Morgan fingerprint density at radius 2 is 0.628 bits per heavy atom. The summed E-state index contributed by atoms with van der Waals surface area (Å²) >= 11 is 0. The first kappa shape index (κ1) is 91.5. The summed E-state index contributed by atoms with van der Waals surface area (Å²) < 4.78 is 68.4. The van der Waals surface area contributed by atoms with Gasteiger partial charge >= 0.3 is 39.5 Å². The summed E-state index contributed by atoms with van der Waals surface area (Å²) in [4.78, 5) is 72.7. The largest absolute Gasteiger partial charge is 0.472 e. The molecule has 0 radical (unpaired) electrons. The molecule has 0 saturated carbocycles. The van der Waals surface area contributed by atoms with Gasteiger partial charge in [-0.15, -0.1) is 0 Å². The van der Waals surface area contributed by atoms with Crippen LogP contribution >= 0.6 is 15.6 Å². The van der Waals surface area contributed by atoms with E-state index in [1.807, 2.05) is 0 Å². The molecule has 6 atom stereocenters. The molecule has 0 aromatic heterocycles. The number of carbonyl (C=O) groups excluding carboxylic acids is 4. The van der Waals surface area contributed by atoms with Gasteiger partial charge < -0.3 is 33.8 Å². The Hall–Kier alpha value is -2.46. The molecule has 3 N–H and O–H groups in total. The van der Waals surface area contributed by atoms with Crippen LogP contribution in [0.5, 0.6) is 0 Å². The molecule has 0 bridgehead atoms. The highest BCUT2D eigenvalue weighted by molar-refractivity contribution is 7.47. The quantitative estimate of drug-likeness (QED) is 0.0169. The number of hydrogen-bond acceptors (Lipinski definition) is 15. The highest BCUT2D eigenvalue weighted by atomic mass is 31.2. The van der Waals surface area contributed by atoms with Crippen molar-refractivity contribution in [1.29, 1.82) is 0 Å². The molecule has 0 aliphatic heterocycles. The summed E-state index contributed by atoms with van der Waals surface area (Å²) in [5, 5.41) is 10.6. The third-order valence-corrected chi connectivity index (χ3v) is 19.1. The summed E-state index contributed by atoms with van der Waals surface area (Å²) in [6.45, 7) is 9.52. The lowest BCUT2D eigenvalue weighted by atomic mass is 9.99. The average molecular weight is 1380 g/mol. The minimum Gasteiger partial charge on any atom is -0.462 e. The van der Waals surface area contributed by atoms with Crippen molar-refractivity contribution in [3.8, 4) is 0 Å². The Morgan fingerprint density at radius 1 is 0.351 bits per heavy atom. The first-order valence-electron chi connectivity index (χ1n) is 38.3. The van der Waals surface area contributed by atoms with E-state index in [-0.39, 0.29) is 25.7 Å². The van der Waals surface area contributed by atoms with Gasteiger partial charge in [0.2, 0.25) is 0 Å². The zero-order valence-electron chi connectivity index (χ0n) is 60.7. The van der Waals surface area contributed by atoms with Crippen LogP contribution in [-0.2, 0) is 65.4 Å². The summed E-state index contributed by atoms with van der Waals surface area (Å²) in [5.74, 6) is -0.589. The molecule has 94 heavy (non-hydrogen) atoms. The maximum absolute atomic E-state index is 13.1. The SMILES string of the molecule is CCCCCC/C=C\C=C/CCCCCCCC(=O)OC[C@H](COP(=O)(O)OC[C@@H](O)COP(=O)(O)OC[C@@H](COC(=O)CCCCCCCCCCCC)OC(=O)CCCCCCCCCCC(C)C)OC(=O)CCCCCCCCCCCCCCCCC(C)CC. The molecule has 19 heteroatoms. The number of esters is 4. The molecule has 0 spiro atoms. The molecule has 0 aromatic carbocycles. The van der Waals surface area contributed by atoms with Crippen LogP contribution in [0.15, 0.2) is 24.3 Å². The Kier molecular flexibility index (Phi) is 64.7. The molecular formula is C75H142O17P2. The maximum Gasteiger partial charge on any atom is 0.472 e. The van der Waals surface area contributed by atoms with Crippen LogP contribution in [-0.4, -0.2) is 96.7 Å². The second-order valence-electron chi connectivity index (χ2n) is 27.1.